The van der Waals surface area contributed by atoms with Crippen LogP contribution in [0.3, 0.4) is 0 Å². The Hall–Kier alpha value is -2.20. The first-order valence-corrected chi connectivity index (χ1v) is 6.33. The first kappa shape index (κ1) is 14.2. The number of nitrogens with two attached hydrogens (primary N) is 1. The largest absolute Gasteiger partial charge is 0.496 e. The molecule has 2 aromatic carbocycles. The fraction of sp³-hybridized carbons (Fsp3) is 0.250. The van der Waals surface area contributed by atoms with Crippen molar-refractivity contribution in [1.82, 2.24) is 0 Å². The minimum atomic E-state index is 0.420. The molecule has 0 saturated heterocycles. The van der Waals surface area contributed by atoms with Crippen molar-refractivity contribution < 1.29 is 14.2 Å². The Morgan fingerprint density at radius 1 is 0.900 bits per heavy atom. The van der Waals surface area contributed by atoms with E-state index >= 15 is 0 Å². The van der Waals surface area contributed by atoms with Crippen LogP contribution >= 0.6 is 0 Å². The monoisotopic (exact) mass is 273 g/mol. The molecule has 0 fully saturated rings. The van der Waals surface area contributed by atoms with Crippen LogP contribution in [0.1, 0.15) is 5.56 Å². The minimum Gasteiger partial charge on any atom is -0.496 e. The van der Waals surface area contributed by atoms with Crippen molar-refractivity contribution in [1.29, 1.82) is 0 Å². The first-order chi connectivity index (χ1) is 9.74. The number of rotatable bonds is 5. The Morgan fingerprint density at radius 3 is 2.25 bits per heavy atom. The molecule has 0 radical (unpaired) electrons. The van der Waals surface area contributed by atoms with E-state index in [9.17, 15) is 0 Å². The van der Waals surface area contributed by atoms with Gasteiger partial charge in [0.25, 0.3) is 0 Å². The van der Waals surface area contributed by atoms with Crippen molar-refractivity contribution >= 4 is 0 Å². The number of hydrogen-bond acceptors (Lipinski definition) is 4. The van der Waals surface area contributed by atoms with Gasteiger partial charge in [0.15, 0.2) is 11.5 Å². The summed E-state index contributed by atoms with van der Waals surface area (Å²) in [6.07, 6.45) is 0. The highest BCUT2D eigenvalue weighted by molar-refractivity contribution is 5.75. The summed E-state index contributed by atoms with van der Waals surface area (Å²) >= 11 is 0. The maximum absolute atomic E-state index is 5.76. The second kappa shape index (κ2) is 6.30. The lowest BCUT2D eigenvalue weighted by atomic mass is 10.0. The molecule has 0 unspecified atom stereocenters. The fourth-order valence-electron chi connectivity index (χ4n) is 2.22. The van der Waals surface area contributed by atoms with E-state index in [0.717, 1.165) is 22.4 Å². The van der Waals surface area contributed by atoms with Gasteiger partial charge in [-0.1, -0.05) is 18.2 Å². The number of ether oxygens (including phenoxy) is 3. The number of hydrogen-bond donors (Lipinski definition) is 1. The Labute approximate surface area is 119 Å². The molecule has 0 amide bonds. The molecular weight excluding hydrogens is 254 g/mol. The van der Waals surface area contributed by atoms with Gasteiger partial charge in [0.1, 0.15) is 5.75 Å². The van der Waals surface area contributed by atoms with Gasteiger partial charge in [0, 0.05) is 17.7 Å². The van der Waals surface area contributed by atoms with Crippen LogP contribution in [0.2, 0.25) is 0 Å². The summed E-state index contributed by atoms with van der Waals surface area (Å²) in [4.78, 5) is 0. The second-order valence-corrected chi connectivity index (χ2v) is 4.27. The van der Waals surface area contributed by atoms with Gasteiger partial charge in [0.05, 0.1) is 21.3 Å². The van der Waals surface area contributed by atoms with Crippen molar-refractivity contribution in [3.05, 3.63) is 42.0 Å². The second-order valence-electron chi connectivity index (χ2n) is 4.27. The lowest BCUT2D eigenvalue weighted by molar-refractivity contribution is 0.356. The third kappa shape index (κ3) is 2.56. The average Bonchev–Trinajstić information content (AvgIpc) is 2.53. The topological polar surface area (TPSA) is 53.7 Å². The zero-order valence-electron chi connectivity index (χ0n) is 12.0. The van der Waals surface area contributed by atoms with Gasteiger partial charge in [-0.15, -0.1) is 0 Å². The van der Waals surface area contributed by atoms with Gasteiger partial charge in [-0.05, 0) is 23.8 Å². The molecule has 2 aromatic rings. The Kier molecular flexibility index (Phi) is 4.48. The Bertz CT molecular complexity index is 596. The highest BCUT2D eigenvalue weighted by Gasteiger charge is 2.12. The van der Waals surface area contributed by atoms with E-state index in [1.807, 2.05) is 36.4 Å². The van der Waals surface area contributed by atoms with E-state index in [0.29, 0.717) is 18.0 Å². The van der Waals surface area contributed by atoms with Crippen molar-refractivity contribution in [2.75, 3.05) is 21.3 Å². The Morgan fingerprint density at radius 2 is 1.65 bits per heavy atom. The lowest BCUT2D eigenvalue weighted by Crippen LogP contribution is -2.00. The quantitative estimate of drug-likeness (QED) is 0.910. The molecule has 2 rings (SSSR count). The molecule has 20 heavy (non-hydrogen) atoms. The van der Waals surface area contributed by atoms with Gasteiger partial charge < -0.3 is 19.9 Å². The average molecular weight is 273 g/mol. The lowest BCUT2D eigenvalue weighted by Gasteiger charge is -2.14. The van der Waals surface area contributed by atoms with Crippen LogP contribution in [0.4, 0.5) is 0 Å². The molecule has 0 saturated carbocycles. The molecule has 0 aromatic heterocycles. The SMILES string of the molecule is COc1ccc(-c2cccc(OC)c2OC)cc1CN. The zero-order valence-corrected chi connectivity index (χ0v) is 12.0. The first-order valence-electron chi connectivity index (χ1n) is 6.33. The van der Waals surface area contributed by atoms with Crippen LogP contribution in [0, 0.1) is 0 Å². The van der Waals surface area contributed by atoms with E-state index < -0.39 is 0 Å². The predicted molar refractivity (Wildman–Crippen MR) is 79.4 cm³/mol. The zero-order chi connectivity index (χ0) is 14.5. The Balaban J connectivity index is 2.56. The van der Waals surface area contributed by atoms with Crippen molar-refractivity contribution in [3.63, 3.8) is 0 Å². The molecule has 0 aliphatic rings. The molecule has 0 aliphatic heterocycles. The third-order valence-electron chi connectivity index (χ3n) is 3.21. The van der Waals surface area contributed by atoms with Crippen LogP contribution < -0.4 is 19.9 Å². The summed E-state index contributed by atoms with van der Waals surface area (Å²) in [6.45, 7) is 0.420. The molecule has 4 heteroatoms. The molecular formula is C16H19NO3. The van der Waals surface area contributed by atoms with Crippen LogP contribution in [0.5, 0.6) is 17.2 Å². The number of para-hydroxylation sites is 1. The van der Waals surface area contributed by atoms with Crippen molar-refractivity contribution in [2.45, 2.75) is 6.54 Å². The standard InChI is InChI=1S/C16H19NO3/c1-18-14-8-7-11(9-12(14)10-17)13-5-4-6-15(19-2)16(13)20-3/h4-9H,10,17H2,1-3H3. The van der Waals surface area contributed by atoms with Gasteiger partial charge in [-0.2, -0.15) is 0 Å². The maximum Gasteiger partial charge on any atom is 0.168 e. The van der Waals surface area contributed by atoms with Crippen molar-refractivity contribution in [3.8, 4) is 28.4 Å². The highest BCUT2D eigenvalue weighted by atomic mass is 16.5. The van der Waals surface area contributed by atoms with Crippen LogP contribution in [0.15, 0.2) is 36.4 Å². The molecule has 2 N–H and O–H groups in total. The van der Waals surface area contributed by atoms with E-state index in [4.69, 9.17) is 19.9 Å². The molecule has 0 spiro atoms. The molecule has 106 valence electrons. The number of methoxy groups -OCH3 is 3. The molecule has 0 bridgehead atoms. The molecule has 0 atom stereocenters. The predicted octanol–water partition coefficient (Wildman–Crippen LogP) is 2.84. The minimum absolute atomic E-state index is 0.420. The third-order valence-corrected chi connectivity index (χ3v) is 3.21. The van der Waals surface area contributed by atoms with Crippen LogP contribution in [-0.2, 0) is 6.54 Å². The van der Waals surface area contributed by atoms with E-state index in [2.05, 4.69) is 0 Å². The molecule has 0 aliphatic carbocycles. The smallest absolute Gasteiger partial charge is 0.168 e. The number of benzene rings is 2. The highest BCUT2D eigenvalue weighted by Crippen LogP contribution is 2.38. The van der Waals surface area contributed by atoms with Gasteiger partial charge in [-0.25, -0.2) is 0 Å². The van der Waals surface area contributed by atoms with Gasteiger partial charge >= 0.3 is 0 Å². The summed E-state index contributed by atoms with van der Waals surface area (Å²) in [5.74, 6) is 2.20. The fourth-order valence-corrected chi connectivity index (χ4v) is 2.22. The summed E-state index contributed by atoms with van der Waals surface area (Å²) < 4.78 is 16.1. The molecule has 0 heterocycles. The van der Waals surface area contributed by atoms with Gasteiger partial charge in [-0.3, -0.25) is 0 Å². The van der Waals surface area contributed by atoms with E-state index in [-0.39, 0.29) is 0 Å². The van der Waals surface area contributed by atoms with Gasteiger partial charge in [0.2, 0.25) is 0 Å². The van der Waals surface area contributed by atoms with Crippen molar-refractivity contribution in [2.24, 2.45) is 5.73 Å². The molecule has 4 nitrogen and oxygen atoms in total. The van der Waals surface area contributed by atoms with E-state index in [1.54, 1.807) is 21.3 Å². The normalized spacial score (nSPS) is 10.2. The maximum atomic E-state index is 5.76. The summed E-state index contributed by atoms with van der Waals surface area (Å²) in [6, 6.07) is 11.7. The summed E-state index contributed by atoms with van der Waals surface area (Å²) in [5, 5.41) is 0. The summed E-state index contributed by atoms with van der Waals surface area (Å²) in [5.41, 5.74) is 8.70. The van der Waals surface area contributed by atoms with E-state index in [1.165, 1.54) is 0 Å². The summed E-state index contributed by atoms with van der Waals surface area (Å²) in [7, 11) is 4.90. The van der Waals surface area contributed by atoms with Crippen LogP contribution in [-0.4, -0.2) is 21.3 Å². The van der Waals surface area contributed by atoms with Crippen LogP contribution in [0.25, 0.3) is 11.1 Å².